The topological polar surface area (TPSA) is 81.4 Å². The van der Waals surface area contributed by atoms with Crippen LogP contribution >= 0.6 is 0 Å². The Morgan fingerprint density at radius 1 is 1.25 bits per heavy atom. The molecule has 1 aromatic carbocycles. The van der Waals surface area contributed by atoms with Crippen LogP contribution in [0, 0.1) is 17.0 Å². The summed E-state index contributed by atoms with van der Waals surface area (Å²) >= 11 is 0. The molecule has 3 rings (SSSR count). The fourth-order valence-corrected chi connectivity index (χ4v) is 2.63. The maximum Gasteiger partial charge on any atom is 0.277 e. The minimum Gasteiger partial charge on any atom is -0.454 e. The predicted molar refractivity (Wildman–Crippen MR) is 89.8 cm³/mol. The molecule has 0 radical (unpaired) electrons. The molecule has 1 aliphatic rings. The molecule has 0 aliphatic carbocycles. The summed E-state index contributed by atoms with van der Waals surface area (Å²) in [5.41, 5.74) is 1.27. The Kier molecular flexibility index (Phi) is 4.69. The summed E-state index contributed by atoms with van der Waals surface area (Å²) in [6.45, 7) is 3.75. The number of rotatable bonds is 5. The number of likely N-dealkylation sites (tertiary alicyclic amines) is 1. The van der Waals surface area contributed by atoms with Crippen molar-refractivity contribution in [1.82, 2.24) is 14.9 Å². The number of nitro benzene ring substituents is 1. The summed E-state index contributed by atoms with van der Waals surface area (Å²) in [5.74, 6) is 1.04. The highest BCUT2D eigenvalue weighted by atomic mass is 16.6. The second-order valence-electron chi connectivity index (χ2n) is 5.67. The molecule has 124 valence electrons. The minimum absolute atomic E-state index is 0.0691. The number of nitro groups is 1. The van der Waals surface area contributed by atoms with Crippen LogP contribution in [0.5, 0.6) is 11.5 Å². The average molecular weight is 326 g/mol. The SMILES string of the molecule is Cc1cc([N+](=O)[O-])c(C=CN2CCCC2)cc1Oc1cncnc1. The third-order valence-corrected chi connectivity index (χ3v) is 3.89. The monoisotopic (exact) mass is 326 g/mol. The van der Waals surface area contributed by atoms with Gasteiger partial charge in [-0.1, -0.05) is 0 Å². The number of hydrogen-bond acceptors (Lipinski definition) is 6. The fourth-order valence-electron chi connectivity index (χ4n) is 2.63. The maximum absolute atomic E-state index is 11.3. The molecule has 0 atom stereocenters. The number of nitrogens with zero attached hydrogens (tertiary/aromatic N) is 4. The lowest BCUT2D eigenvalue weighted by atomic mass is 10.1. The van der Waals surface area contributed by atoms with Crippen LogP contribution in [-0.2, 0) is 0 Å². The second kappa shape index (κ2) is 7.08. The Morgan fingerprint density at radius 3 is 2.62 bits per heavy atom. The zero-order valence-electron chi connectivity index (χ0n) is 13.4. The Balaban J connectivity index is 1.92. The molecule has 0 bridgehead atoms. The summed E-state index contributed by atoms with van der Waals surface area (Å²) in [4.78, 5) is 20.9. The molecule has 1 aliphatic heterocycles. The molecular weight excluding hydrogens is 308 g/mol. The molecule has 1 fully saturated rings. The first kappa shape index (κ1) is 15.9. The normalized spacial score (nSPS) is 14.3. The van der Waals surface area contributed by atoms with Gasteiger partial charge in [0.15, 0.2) is 5.75 Å². The van der Waals surface area contributed by atoms with Crippen LogP contribution in [0.3, 0.4) is 0 Å². The first-order valence-electron chi connectivity index (χ1n) is 7.77. The van der Waals surface area contributed by atoms with Crippen LogP contribution in [0.1, 0.15) is 24.0 Å². The van der Waals surface area contributed by atoms with Gasteiger partial charge in [0.25, 0.3) is 5.69 Å². The largest absolute Gasteiger partial charge is 0.454 e. The standard InChI is InChI=1S/C17H18N4O3/c1-13-8-16(21(22)23)14(4-7-20-5-2-3-6-20)9-17(13)24-15-10-18-12-19-11-15/h4,7-12H,2-3,5-6H2,1H3. The van der Waals surface area contributed by atoms with E-state index in [4.69, 9.17) is 4.74 Å². The molecule has 0 unspecified atom stereocenters. The van der Waals surface area contributed by atoms with Gasteiger partial charge >= 0.3 is 0 Å². The van der Waals surface area contributed by atoms with E-state index < -0.39 is 0 Å². The van der Waals surface area contributed by atoms with Crippen LogP contribution in [0.25, 0.3) is 6.08 Å². The first-order valence-corrected chi connectivity index (χ1v) is 7.77. The van der Waals surface area contributed by atoms with E-state index in [-0.39, 0.29) is 10.6 Å². The third kappa shape index (κ3) is 3.68. The highest BCUT2D eigenvalue weighted by Crippen LogP contribution is 2.32. The fraction of sp³-hybridized carbons (Fsp3) is 0.294. The predicted octanol–water partition coefficient (Wildman–Crippen LogP) is 3.55. The quantitative estimate of drug-likeness (QED) is 0.617. The van der Waals surface area contributed by atoms with Gasteiger partial charge in [-0.25, -0.2) is 9.97 Å². The Labute approximate surface area is 139 Å². The van der Waals surface area contributed by atoms with Crippen LogP contribution in [0.4, 0.5) is 5.69 Å². The molecule has 1 saturated heterocycles. The summed E-state index contributed by atoms with van der Waals surface area (Å²) in [6, 6.07) is 3.22. The van der Waals surface area contributed by atoms with Crippen molar-refractivity contribution >= 4 is 11.8 Å². The molecule has 0 N–H and O–H groups in total. The van der Waals surface area contributed by atoms with Crippen LogP contribution in [0.15, 0.2) is 37.1 Å². The van der Waals surface area contributed by atoms with Crippen molar-refractivity contribution in [3.8, 4) is 11.5 Å². The van der Waals surface area contributed by atoms with Gasteiger partial charge in [0.2, 0.25) is 0 Å². The van der Waals surface area contributed by atoms with Crippen molar-refractivity contribution in [2.24, 2.45) is 0 Å². The van der Waals surface area contributed by atoms with Gasteiger partial charge in [-0.05, 0) is 43.7 Å². The van der Waals surface area contributed by atoms with Crippen LogP contribution < -0.4 is 4.74 Å². The molecule has 1 aromatic heterocycles. The Bertz CT molecular complexity index is 756. The number of hydrogen-bond donors (Lipinski definition) is 0. The molecular formula is C17H18N4O3. The van der Waals surface area contributed by atoms with Gasteiger partial charge in [0.05, 0.1) is 22.9 Å². The van der Waals surface area contributed by atoms with E-state index in [1.54, 1.807) is 31.5 Å². The lowest BCUT2D eigenvalue weighted by Gasteiger charge is -2.12. The Morgan fingerprint density at radius 2 is 1.96 bits per heavy atom. The summed E-state index contributed by atoms with van der Waals surface area (Å²) in [5, 5.41) is 11.3. The molecule has 7 heteroatoms. The van der Waals surface area contributed by atoms with Crippen molar-refractivity contribution in [3.63, 3.8) is 0 Å². The lowest BCUT2D eigenvalue weighted by molar-refractivity contribution is -0.385. The van der Waals surface area contributed by atoms with Gasteiger partial charge in [-0.15, -0.1) is 0 Å². The van der Waals surface area contributed by atoms with Gasteiger partial charge in [0.1, 0.15) is 12.1 Å². The van der Waals surface area contributed by atoms with Crippen molar-refractivity contribution in [3.05, 3.63) is 58.3 Å². The van der Waals surface area contributed by atoms with Crippen molar-refractivity contribution < 1.29 is 9.66 Å². The number of aryl methyl sites for hydroxylation is 1. The summed E-state index contributed by atoms with van der Waals surface area (Å²) in [7, 11) is 0. The molecule has 7 nitrogen and oxygen atoms in total. The second-order valence-corrected chi connectivity index (χ2v) is 5.67. The van der Waals surface area contributed by atoms with Crippen LogP contribution in [0.2, 0.25) is 0 Å². The van der Waals surface area contributed by atoms with E-state index in [0.717, 1.165) is 25.9 Å². The van der Waals surface area contributed by atoms with Gasteiger partial charge in [-0.2, -0.15) is 0 Å². The van der Waals surface area contributed by atoms with Crippen molar-refractivity contribution in [2.45, 2.75) is 19.8 Å². The van der Waals surface area contributed by atoms with E-state index in [1.807, 2.05) is 6.20 Å². The lowest BCUT2D eigenvalue weighted by Crippen LogP contribution is -2.10. The van der Waals surface area contributed by atoms with Gasteiger partial charge in [-0.3, -0.25) is 10.1 Å². The maximum atomic E-state index is 11.3. The van der Waals surface area contributed by atoms with E-state index >= 15 is 0 Å². The summed E-state index contributed by atoms with van der Waals surface area (Å²) in [6.07, 6.45) is 10.5. The van der Waals surface area contributed by atoms with E-state index in [2.05, 4.69) is 14.9 Å². The summed E-state index contributed by atoms with van der Waals surface area (Å²) < 4.78 is 5.76. The molecule has 2 aromatic rings. The zero-order valence-corrected chi connectivity index (χ0v) is 13.4. The van der Waals surface area contributed by atoms with Gasteiger partial charge < -0.3 is 9.64 Å². The van der Waals surface area contributed by atoms with E-state index in [0.29, 0.717) is 22.6 Å². The van der Waals surface area contributed by atoms with E-state index in [1.165, 1.54) is 12.4 Å². The molecule has 0 saturated carbocycles. The van der Waals surface area contributed by atoms with Crippen molar-refractivity contribution in [1.29, 1.82) is 0 Å². The van der Waals surface area contributed by atoms with Crippen LogP contribution in [-0.4, -0.2) is 32.9 Å². The zero-order chi connectivity index (χ0) is 16.9. The first-order chi connectivity index (χ1) is 11.6. The van der Waals surface area contributed by atoms with E-state index in [9.17, 15) is 10.1 Å². The molecule has 2 heterocycles. The average Bonchev–Trinajstić information content (AvgIpc) is 3.09. The smallest absolute Gasteiger partial charge is 0.277 e. The number of benzene rings is 1. The molecule has 24 heavy (non-hydrogen) atoms. The van der Waals surface area contributed by atoms with Gasteiger partial charge in [0, 0.05) is 19.2 Å². The van der Waals surface area contributed by atoms with Crippen molar-refractivity contribution in [2.75, 3.05) is 13.1 Å². The molecule has 0 spiro atoms. The minimum atomic E-state index is -0.369. The number of ether oxygens (including phenoxy) is 1. The highest BCUT2D eigenvalue weighted by Gasteiger charge is 2.17. The third-order valence-electron chi connectivity index (χ3n) is 3.89. The molecule has 0 amide bonds. The highest BCUT2D eigenvalue weighted by molar-refractivity contribution is 5.65. The number of aromatic nitrogens is 2. The Hall–Kier alpha value is -2.96.